The first-order chi connectivity index (χ1) is 11.5. The second-order valence-corrected chi connectivity index (χ2v) is 6.26. The van der Waals surface area contributed by atoms with Crippen LogP contribution in [0.15, 0.2) is 42.5 Å². The number of carbonyl (C=O) groups is 1. The molecule has 0 radical (unpaired) electrons. The molecule has 122 valence electrons. The van der Waals surface area contributed by atoms with Crippen LogP contribution < -0.4 is 10.6 Å². The molecule has 3 rings (SSSR count). The molecule has 7 nitrogen and oxygen atoms in total. The van der Waals surface area contributed by atoms with Gasteiger partial charge in [-0.25, -0.2) is 9.78 Å². The normalized spacial score (nSPS) is 10.5. The number of anilines is 1. The standard InChI is InChI=1S/C16H14N4O3S/c1-10-6-7-11(8-13(10)20(22)23)18-16(21)17-9-15-19-12-4-2-3-5-14(12)24-15/h2-8H,9H2,1H3,(H2,17,18,21). The molecule has 2 amide bonds. The second kappa shape index (κ2) is 6.63. The predicted molar refractivity (Wildman–Crippen MR) is 93.3 cm³/mol. The topological polar surface area (TPSA) is 97.2 Å². The lowest BCUT2D eigenvalue weighted by atomic mass is 10.2. The Morgan fingerprint density at radius 1 is 1.29 bits per heavy atom. The van der Waals surface area contributed by atoms with Crippen LogP contribution in [-0.4, -0.2) is 15.9 Å². The van der Waals surface area contributed by atoms with Gasteiger partial charge >= 0.3 is 6.03 Å². The van der Waals surface area contributed by atoms with Crippen molar-refractivity contribution in [2.45, 2.75) is 13.5 Å². The highest BCUT2D eigenvalue weighted by Crippen LogP contribution is 2.23. The van der Waals surface area contributed by atoms with E-state index < -0.39 is 11.0 Å². The molecule has 2 N–H and O–H groups in total. The van der Waals surface area contributed by atoms with Crippen molar-refractivity contribution < 1.29 is 9.72 Å². The number of amides is 2. The summed E-state index contributed by atoms with van der Waals surface area (Å²) in [5.41, 5.74) is 1.78. The Hall–Kier alpha value is -3.00. The number of nitrogens with zero attached hydrogens (tertiary/aromatic N) is 2. The molecule has 0 fully saturated rings. The summed E-state index contributed by atoms with van der Waals surface area (Å²) in [7, 11) is 0. The number of aromatic nitrogens is 1. The van der Waals surface area contributed by atoms with Crippen molar-refractivity contribution in [2.75, 3.05) is 5.32 Å². The molecular formula is C16H14N4O3S. The molecule has 0 aliphatic heterocycles. The molecule has 0 bridgehead atoms. The van der Waals surface area contributed by atoms with Crippen molar-refractivity contribution in [1.29, 1.82) is 0 Å². The SMILES string of the molecule is Cc1ccc(NC(=O)NCc2nc3ccccc3s2)cc1[N+](=O)[O-]. The van der Waals surface area contributed by atoms with Crippen molar-refractivity contribution in [2.24, 2.45) is 0 Å². The summed E-state index contributed by atoms with van der Waals surface area (Å²) in [6, 6.07) is 11.9. The van der Waals surface area contributed by atoms with Gasteiger partial charge in [0, 0.05) is 17.3 Å². The van der Waals surface area contributed by atoms with Gasteiger partial charge in [0.1, 0.15) is 5.01 Å². The van der Waals surface area contributed by atoms with Gasteiger partial charge < -0.3 is 10.6 Å². The fraction of sp³-hybridized carbons (Fsp3) is 0.125. The number of benzene rings is 2. The molecule has 0 spiro atoms. The number of nitrogens with one attached hydrogen (secondary N) is 2. The van der Waals surface area contributed by atoms with E-state index in [0.717, 1.165) is 15.2 Å². The van der Waals surface area contributed by atoms with Crippen LogP contribution in [0.25, 0.3) is 10.2 Å². The fourth-order valence-corrected chi connectivity index (χ4v) is 3.12. The number of carbonyl (C=O) groups excluding carboxylic acids is 1. The number of hydrogen-bond donors (Lipinski definition) is 2. The highest BCUT2D eigenvalue weighted by atomic mass is 32.1. The number of aryl methyl sites for hydroxylation is 1. The van der Waals surface area contributed by atoms with E-state index in [1.54, 1.807) is 19.1 Å². The molecular weight excluding hydrogens is 328 g/mol. The average Bonchev–Trinajstić information content (AvgIpc) is 2.97. The first kappa shape index (κ1) is 15.9. The third kappa shape index (κ3) is 3.49. The highest BCUT2D eigenvalue weighted by Gasteiger charge is 2.12. The van der Waals surface area contributed by atoms with Crippen LogP contribution in [0.2, 0.25) is 0 Å². The van der Waals surface area contributed by atoms with Crippen molar-refractivity contribution in [1.82, 2.24) is 10.3 Å². The number of fused-ring (bicyclic) bond motifs is 1. The van der Waals surface area contributed by atoms with Crippen LogP contribution in [-0.2, 0) is 6.54 Å². The van der Waals surface area contributed by atoms with Crippen LogP contribution in [0.4, 0.5) is 16.2 Å². The maximum absolute atomic E-state index is 12.0. The van der Waals surface area contributed by atoms with Gasteiger partial charge in [-0.3, -0.25) is 10.1 Å². The van der Waals surface area contributed by atoms with Gasteiger partial charge in [0.15, 0.2) is 0 Å². The van der Waals surface area contributed by atoms with E-state index in [4.69, 9.17) is 0 Å². The molecule has 3 aromatic rings. The fourth-order valence-electron chi connectivity index (χ4n) is 2.21. The smallest absolute Gasteiger partial charge is 0.319 e. The summed E-state index contributed by atoms with van der Waals surface area (Å²) >= 11 is 1.51. The van der Waals surface area contributed by atoms with Gasteiger partial charge in [-0.2, -0.15) is 0 Å². The Morgan fingerprint density at radius 3 is 2.83 bits per heavy atom. The lowest BCUT2D eigenvalue weighted by molar-refractivity contribution is -0.385. The van der Waals surface area contributed by atoms with Crippen LogP contribution in [0.5, 0.6) is 0 Å². The predicted octanol–water partition coefficient (Wildman–Crippen LogP) is 3.83. The van der Waals surface area contributed by atoms with E-state index in [9.17, 15) is 14.9 Å². The van der Waals surface area contributed by atoms with Crippen LogP contribution in [0, 0.1) is 17.0 Å². The molecule has 1 aromatic heterocycles. The molecule has 0 aliphatic rings. The number of nitro benzene ring substituents is 1. The quantitative estimate of drug-likeness (QED) is 0.556. The minimum atomic E-state index is -0.473. The Bertz CT molecular complexity index is 890. The maximum Gasteiger partial charge on any atom is 0.319 e. The van der Waals surface area contributed by atoms with Gasteiger partial charge in [0.2, 0.25) is 0 Å². The van der Waals surface area contributed by atoms with E-state index >= 15 is 0 Å². The number of hydrogen-bond acceptors (Lipinski definition) is 5. The summed E-state index contributed by atoms with van der Waals surface area (Å²) < 4.78 is 1.06. The molecule has 0 saturated carbocycles. The number of rotatable bonds is 4. The molecule has 2 aromatic carbocycles. The highest BCUT2D eigenvalue weighted by molar-refractivity contribution is 7.18. The molecule has 8 heteroatoms. The summed E-state index contributed by atoms with van der Waals surface area (Å²) in [6.07, 6.45) is 0. The maximum atomic E-state index is 12.0. The minimum Gasteiger partial charge on any atom is -0.331 e. The summed E-state index contributed by atoms with van der Waals surface area (Å²) in [4.78, 5) is 26.8. The molecule has 24 heavy (non-hydrogen) atoms. The Labute approximate surface area is 141 Å². The van der Waals surface area contributed by atoms with E-state index in [1.165, 1.54) is 17.4 Å². The van der Waals surface area contributed by atoms with Crippen LogP contribution in [0.1, 0.15) is 10.6 Å². The van der Waals surface area contributed by atoms with Gasteiger partial charge in [-0.1, -0.05) is 18.2 Å². The van der Waals surface area contributed by atoms with Gasteiger partial charge in [-0.15, -0.1) is 11.3 Å². The molecule has 0 atom stereocenters. The van der Waals surface area contributed by atoms with E-state index in [1.807, 2.05) is 24.3 Å². The Balaban J connectivity index is 1.63. The number of thiazole rings is 1. The molecule has 0 aliphatic carbocycles. The van der Waals surface area contributed by atoms with Crippen molar-refractivity contribution in [3.05, 3.63) is 63.1 Å². The summed E-state index contributed by atoms with van der Waals surface area (Å²) in [5.74, 6) is 0. The minimum absolute atomic E-state index is 0.0287. The number of urea groups is 1. The van der Waals surface area contributed by atoms with E-state index in [-0.39, 0.29) is 5.69 Å². The molecule has 0 unspecified atom stereocenters. The third-order valence-corrected chi connectivity index (χ3v) is 4.44. The summed E-state index contributed by atoms with van der Waals surface area (Å²) in [6.45, 7) is 1.94. The lowest BCUT2D eigenvalue weighted by Crippen LogP contribution is -2.28. The van der Waals surface area contributed by atoms with E-state index in [0.29, 0.717) is 17.8 Å². The second-order valence-electron chi connectivity index (χ2n) is 5.14. The monoisotopic (exact) mass is 342 g/mol. The Morgan fingerprint density at radius 2 is 2.08 bits per heavy atom. The zero-order valence-electron chi connectivity index (χ0n) is 12.8. The number of para-hydroxylation sites is 1. The van der Waals surface area contributed by atoms with E-state index in [2.05, 4.69) is 15.6 Å². The average molecular weight is 342 g/mol. The first-order valence-electron chi connectivity index (χ1n) is 7.17. The van der Waals surface area contributed by atoms with Gasteiger partial charge in [-0.05, 0) is 25.1 Å². The zero-order valence-corrected chi connectivity index (χ0v) is 13.6. The molecule has 1 heterocycles. The van der Waals surface area contributed by atoms with Gasteiger partial charge in [0.25, 0.3) is 5.69 Å². The van der Waals surface area contributed by atoms with Gasteiger partial charge in [0.05, 0.1) is 21.7 Å². The summed E-state index contributed by atoms with van der Waals surface area (Å²) in [5, 5.41) is 17.0. The zero-order chi connectivity index (χ0) is 17.1. The van der Waals surface area contributed by atoms with Crippen molar-refractivity contribution in [3.8, 4) is 0 Å². The third-order valence-electron chi connectivity index (χ3n) is 3.40. The van der Waals surface area contributed by atoms with Crippen molar-refractivity contribution >= 4 is 39.0 Å². The number of nitro groups is 1. The first-order valence-corrected chi connectivity index (χ1v) is 7.99. The molecule has 0 saturated heterocycles. The van der Waals surface area contributed by atoms with Crippen LogP contribution in [0.3, 0.4) is 0 Å². The largest absolute Gasteiger partial charge is 0.331 e. The van der Waals surface area contributed by atoms with Crippen LogP contribution >= 0.6 is 11.3 Å². The Kier molecular flexibility index (Phi) is 4.39. The lowest BCUT2D eigenvalue weighted by Gasteiger charge is -2.07. The van der Waals surface area contributed by atoms with Crippen molar-refractivity contribution in [3.63, 3.8) is 0 Å².